The first kappa shape index (κ1) is 11.0. The number of allylic oxidation sites excluding steroid dienone is 3. The smallest absolute Gasteiger partial charge is 0.327 e. The molecule has 0 aliphatic rings. The van der Waals surface area contributed by atoms with Crippen molar-refractivity contribution in [2.24, 2.45) is 0 Å². The highest BCUT2D eigenvalue weighted by Gasteiger charge is 1.83. The Labute approximate surface area is 73.6 Å². The van der Waals surface area contributed by atoms with E-state index in [1.54, 1.807) is 6.08 Å². The van der Waals surface area contributed by atoms with E-state index in [-0.39, 0.29) is 0 Å². The summed E-state index contributed by atoms with van der Waals surface area (Å²) in [4.78, 5) is 10.0. The molecule has 12 heavy (non-hydrogen) atoms. The Morgan fingerprint density at radius 2 is 1.75 bits per heavy atom. The zero-order chi connectivity index (χ0) is 9.23. The van der Waals surface area contributed by atoms with E-state index in [0.29, 0.717) is 0 Å². The maximum atomic E-state index is 10.0. The van der Waals surface area contributed by atoms with Gasteiger partial charge in [0.05, 0.1) is 0 Å². The molecular weight excluding hydrogens is 152 g/mol. The molecule has 0 saturated heterocycles. The standard InChI is InChI=1S/C10H16O2/c1-2-3-4-5-6-7-8-9-10(11)12/h4-5,8-9H,2-3,6-7H2,1H3,(H,11,12). The summed E-state index contributed by atoms with van der Waals surface area (Å²) in [6, 6.07) is 0. The minimum absolute atomic E-state index is 0.812. The Morgan fingerprint density at radius 3 is 2.33 bits per heavy atom. The van der Waals surface area contributed by atoms with Crippen molar-refractivity contribution in [2.45, 2.75) is 32.6 Å². The lowest BCUT2D eigenvalue weighted by atomic mass is 10.2. The second-order valence-electron chi connectivity index (χ2n) is 2.58. The number of rotatable bonds is 6. The van der Waals surface area contributed by atoms with Crippen LogP contribution in [0.1, 0.15) is 32.6 Å². The predicted molar refractivity (Wildman–Crippen MR) is 50.1 cm³/mol. The van der Waals surface area contributed by atoms with Crippen molar-refractivity contribution in [1.29, 1.82) is 0 Å². The molecule has 0 aliphatic heterocycles. The molecule has 0 spiro atoms. The minimum atomic E-state index is -0.868. The van der Waals surface area contributed by atoms with Crippen LogP contribution in [0.25, 0.3) is 0 Å². The van der Waals surface area contributed by atoms with Gasteiger partial charge in [-0.15, -0.1) is 0 Å². The first-order valence-electron chi connectivity index (χ1n) is 4.31. The maximum absolute atomic E-state index is 10.0. The van der Waals surface area contributed by atoms with Crippen molar-refractivity contribution in [3.63, 3.8) is 0 Å². The summed E-state index contributed by atoms with van der Waals surface area (Å²) < 4.78 is 0. The predicted octanol–water partition coefficient (Wildman–Crippen LogP) is 2.76. The Morgan fingerprint density at radius 1 is 1.17 bits per heavy atom. The monoisotopic (exact) mass is 168 g/mol. The average molecular weight is 168 g/mol. The molecule has 2 nitrogen and oxygen atoms in total. The molecule has 0 bridgehead atoms. The van der Waals surface area contributed by atoms with Crippen molar-refractivity contribution in [3.8, 4) is 0 Å². The second-order valence-corrected chi connectivity index (χ2v) is 2.58. The van der Waals surface area contributed by atoms with Crippen LogP contribution in [-0.4, -0.2) is 11.1 Å². The molecule has 0 atom stereocenters. The molecule has 0 aromatic heterocycles. The summed E-state index contributed by atoms with van der Waals surface area (Å²) in [6.45, 7) is 2.13. The van der Waals surface area contributed by atoms with Gasteiger partial charge in [0.25, 0.3) is 0 Å². The van der Waals surface area contributed by atoms with Gasteiger partial charge in [0, 0.05) is 6.08 Å². The molecule has 1 N–H and O–H groups in total. The van der Waals surface area contributed by atoms with Crippen LogP contribution in [0.15, 0.2) is 24.3 Å². The number of carbonyl (C=O) groups is 1. The lowest BCUT2D eigenvalue weighted by molar-refractivity contribution is -0.131. The van der Waals surface area contributed by atoms with Crippen LogP contribution in [0.3, 0.4) is 0 Å². The molecule has 0 unspecified atom stereocenters. The quantitative estimate of drug-likeness (QED) is 0.376. The first-order valence-corrected chi connectivity index (χ1v) is 4.31. The highest BCUT2D eigenvalue weighted by atomic mass is 16.4. The number of carboxylic acid groups (broad SMARTS) is 1. The fraction of sp³-hybridized carbons (Fsp3) is 0.500. The minimum Gasteiger partial charge on any atom is -0.478 e. The molecule has 0 heterocycles. The zero-order valence-electron chi connectivity index (χ0n) is 7.49. The van der Waals surface area contributed by atoms with Crippen LogP contribution < -0.4 is 0 Å². The molecule has 0 aromatic carbocycles. The normalized spacial score (nSPS) is 11.4. The van der Waals surface area contributed by atoms with E-state index in [4.69, 9.17) is 5.11 Å². The van der Waals surface area contributed by atoms with E-state index < -0.39 is 5.97 Å². The van der Waals surface area contributed by atoms with Crippen LogP contribution >= 0.6 is 0 Å². The summed E-state index contributed by atoms with van der Waals surface area (Å²) in [5.41, 5.74) is 0. The van der Waals surface area contributed by atoms with Gasteiger partial charge < -0.3 is 5.11 Å². The van der Waals surface area contributed by atoms with Gasteiger partial charge in [-0.2, -0.15) is 0 Å². The molecule has 0 aromatic rings. The van der Waals surface area contributed by atoms with Crippen LogP contribution in [0.4, 0.5) is 0 Å². The third kappa shape index (κ3) is 8.95. The van der Waals surface area contributed by atoms with E-state index >= 15 is 0 Å². The van der Waals surface area contributed by atoms with Crippen molar-refractivity contribution >= 4 is 5.97 Å². The molecule has 68 valence electrons. The van der Waals surface area contributed by atoms with Gasteiger partial charge in [-0.05, 0) is 19.3 Å². The van der Waals surface area contributed by atoms with Gasteiger partial charge in [0.1, 0.15) is 0 Å². The van der Waals surface area contributed by atoms with Gasteiger partial charge in [-0.25, -0.2) is 4.79 Å². The third-order valence-electron chi connectivity index (χ3n) is 1.38. The highest BCUT2D eigenvalue weighted by Crippen LogP contribution is 1.95. The van der Waals surface area contributed by atoms with E-state index in [1.165, 1.54) is 12.5 Å². The van der Waals surface area contributed by atoms with Crippen LogP contribution in [0, 0.1) is 0 Å². The molecule has 0 aliphatic carbocycles. The second kappa shape index (κ2) is 8.05. The zero-order valence-corrected chi connectivity index (χ0v) is 7.49. The molecule has 0 saturated carbocycles. The summed E-state index contributed by atoms with van der Waals surface area (Å²) >= 11 is 0. The van der Waals surface area contributed by atoms with Crippen molar-refractivity contribution < 1.29 is 9.90 Å². The summed E-state index contributed by atoms with van der Waals surface area (Å²) in [7, 11) is 0. The van der Waals surface area contributed by atoms with Gasteiger partial charge in [0.2, 0.25) is 0 Å². The Bertz CT molecular complexity index is 169. The Kier molecular flexibility index (Phi) is 7.35. The van der Waals surface area contributed by atoms with Crippen LogP contribution in [-0.2, 0) is 4.79 Å². The number of hydrogen-bond donors (Lipinski definition) is 1. The van der Waals surface area contributed by atoms with Crippen LogP contribution in [0.5, 0.6) is 0 Å². The molecular formula is C10H16O2. The maximum Gasteiger partial charge on any atom is 0.327 e. The third-order valence-corrected chi connectivity index (χ3v) is 1.38. The van der Waals surface area contributed by atoms with Gasteiger partial charge in [0.15, 0.2) is 0 Å². The average Bonchev–Trinajstić information content (AvgIpc) is 2.02. The lowest BCUT2D eigenvalue weighted by Crippen LogP contribution is -1.85. The number of unbranched alkanes of at least 4 members (excludes halogenated alkanes) is 2. The fourth-order valence-electron chi connectivity index (χ4n) is 0.779. The summed E-state index contributed by atoms with van der Waals surface area (Å²) in [5, 5.41) is 8.25. The Balaban J connectivity index is 3.26. The van der Waals surface area contributed by atoms with Gasteiger partial charge in [-0.1, -0.05) is 31.6 Å². The molecule has 0 amide bonds. The van der Waals surface area contributed by atoms with Gasteiger partial charge >= 0.3 is 5.97 Å². The van der Waals surface area contributed by atoms with E-state index in [9.17, 15) is 4.79 Å². The fourth-order valence-corrected chi connectivity index (χ4v) is 0.779. The number of hydrogen-bond acceptors (Lipinski definition) is 1. The van der Waals surface area contributed by atoms with Crippen molar-refractivity contribution in [3.05, 3.63) is 24.3 Å². The number of aliphatic carboxylic acids is 1. The summed E-state index contributed by atoms with van der Waals surface area (Å²) in [6.07, 6.45) is 11.1. The Hall–Kier alpha value is -1.05. The topological polar surface area (TPSA) is 37.3 Å². The lowest BCUT2D eigenvalue weighted by Gasteiger charge is -1.86. The van der Waals surface area contributed by atoms with Gasteiger partial charge in [-0.3, -0.25) is 0 Å². The molecule has 0 radical (unpaired) electrons. The SMILES string of the molecule is CCCC=CCCC=CC(=O)O. The van der Waals surface area contributed by atoms with E-state index in [1.807, 2.05) is 0 Å². The largest absolute Gasteiger partial charge is 0.478 e. The molecule has 2 heteroatoms. The van der Waals surface area contributed by atoms with Crippen LogP contribution in [0.2, 0.25) is 0 Å². The summed E-state index contributed by atoms with van der Waals surface area (Å²) in [5.74, 6) is -0.868. The van der Waals surface area contributed by atoms with Crippen molar-refractivity contribution in [2.75, 3.05) is 0 Å². The molecule has 0 rings (SSSR count). The first-order chi connectivity index (χ1) is 5.77. The van der Waals surface area contributed by atoms with Crippen molar-refractivity contribution in [1.82, 2.24) is 0 Å². The molecule has 0 fully saturated rings. The number of carboxylic acids is 1. The highest BCUT2D eigenvalue weighted by molar-refractivity contribution is 5.79. The van der Waals surface area contributed by atoms with E-state index in [2.05, 4.69) is 19.1 Å². The van der Waals surface area contributed by atoms with E-state index in [0.717, 1.165) is 19.3 Å².